The largest absolute Gasteiger partial charge is 0.459 e. The zero-order valence-electron chi connectivity index (χ0n) is 35.6. The van der Waals surface area contributed by atoms with Crippen LogP contribution in [0.3, 0.4) is 0 Å². The van der Waals surface area contributed by atoms with Gasteiger partial charge in [0.25, 0.3) is 0 Å². The highest BCUT2D eigenvalue weighted by molar-refractivity contribution is 7.41. The van der Waals surface area contributed by atoms with Crippen molar-refractivity contribution in [2.75, 3.05) is 0 Å². The summed E-state index contributed by atoms with van der Waals surface area (Å²) in [6.07, 6.45) is 0. The van der Waals surface area contributed by atoms with Crippen molar-refractivity contribution in [1.82, 2.24) is 0 Å². The molecule has 69 heavy (non-hydrogen) atoms. The predicted molar refractivity (Wildman–Crippen MR) is 275 cm³/mol. The Balaban J connectivity index is 1.01. The summed E-state index contributed by atoms with van der Waals surface area (Å²) in [5.41, 5.74) is -1.95. The molecule has 0 saturated carbocycles. The number of nitrogens with zero attached hydrogens (tertiary/aromatic N) is 2. The number of hydrogen-bond acceptors (Lipinski definition) is 14. The first-order chi connectivity index (χ1) is 33.6. The van der Waals surface area contributed by atoms with Crippen LogP contribution in [0.1, 0.15) is 22.3 Å². The van der Waals surface area contributed by atoms with Crippen molar-refractivity contribution >= 4 is 129 Å². The summed E-state index contributed by atoms with van der Waals surface area (Å²) in [6, 6.07) is 43.6. The maximum Gasteiger partial charge on any atom is 0.333 e. The van der Waals surface area contributed by atoms with Crippen molar-refractivity contribution in [3.8, 4) is 9.75 Å². The van der Waals surface area contributed by atoms with Crippen LogP contribution in [-0.4, -0.2) is 11.9 Å². The molecule has 0 aliphatic heterocycles. The molecule has 4 heterocycles. The van der Waals surface area contributed by atoms with Crippen molar-refractivity contribution in [1.29, 1.82) is 0 Å². The van der Waals surface area contributed by atoms with E-state index in [0.29, 0.717) is 46.9 Å². The van der Waals surface area contributed by atoms with Crippen molar-refractivity contribution in [2.24, 2.45) is 9.98 Å². The zero-order chi connectivity index (χ0) is 46.7. The number of thiophene rings is 4. The molecule has 0 radical (unpaired) electrons. The molecular formula is C55H28N2O8S4. The topological polar surface area (TPSA) is 146 Å². The summed E-state index contributed by atoms with van der Waals surface area (Å²) >= 11 is 5.20. The lowest BCUT2D eigenvalue weighted by molar-refractivity contribution is -0.164. The summed E-state index contributed by atoms with van der Waals surface area (Å²) in [5.74, 6) is -1.72. The highest BCUT2D eigenvalue weighted by atomic mass is 32.1. The van der Waals surface area contributed by atoms with E-state index in [1.165, 1.54) is 34.0 Å². The molecule has 8 aromatic carbocycles. The molecule has 4 aromatic heterocycles. The minimum atomic E-state index is -2.15. The molecule has 0 unspecified atom stereocenters. The maximum absolute atomic E-state index is 15.3. The van der Waals surface area contributed by atoms with E-state index in [2.05, 4.69) is 4.99 Å². The van der Waals surface area contributed by atoms with Crippen LogP contribution in [0.25, 0.3) is 71.6 Å². The van der Waals surface area contributed by atoms with Gasteiger partial charge >= 0.3 is 11.9 Å². The first-order valence-electron chi connectivity index (χ1n) is 21.6. The van der Waals surface area contributed by atoms with E-state index in [-0.39, 0.29) is 45.3 Å². The highest BCUT2D eigenvalue weighted by Gasteiger charge is 2.61. The third-order valence-electron chi connectivity index (χ3n) is 12.8. The van der Waals surface area contributed by atoms with Crippen LogP contribution in [0.4, 0.5) is 10.0 Å². The number of fused-ring (bicyclic) bond motifs is 11. The molecule has 0 N–H and O–H groups in total. The molecule has 12 aromatic rings. The quantitative estimate of drug-likeness (QED) is 0.108. The van der Waals surface area contributed by atoms with Crippen molar-refractivity contribution in [3.63, 3.8) is 0 Å². The summed E-state index contributed by atoms with van der Waals surface area (Å²) in [5, 5.41) is 4.74. The summed E-state index contributed by atoms with van der Waals surface area (Å²) in [6.45, 7) is -0.276. The molecule has 1 aliphatic carbocycles. The molecule has 0 fully saturated rings. The van der Waals surface area contributed by atoms with Gasteiger partial charge in [-0.2, -0.15) is 0 Å². The third kappa shape index (κ3) is 6.26. The summed E-state index contributed by atoms with van der Waals surface area (Å²) in [7, 11) is 0. The lowest BCUT2D eigenvalue weighted by Crippen LogP contribution is -2.45. The van der Waals surface area contributed by atoms with Crippen molar-refractivity contribution < 1.29 is 19.1 Å². The Hall–Kier alpha value is -7.88. The Kier molecular flexibility index (Phi) is 9.33. The molecule has 14 heteroatoms. The highest BCUT2D eigenvalue weighted by Crippen LogP contribution is 2.63. The van der Waals surface area contributed by atoms with Crippen LogP contribution in [0, 0.1) is 0 Å². The fourth-order valence-corrected chi connectivity index (χ4v) is 15.0. The standard InChI is InChI=1S/C55H28N2O8S4/c58-44-33-19-29-15-7-8-16-30(29)20-34(33)45(59)42(44)56-39-23-37-48(67-39)50-41(55(37,53(62)64-25-27-11-3-1-4-12-27)54(63)65-26-28-13-5-2-6-14-28)51-52(69-50)49-38(66-51)24-40(68-49)57-43-46(60)35-21-31-17-9-10-18-32(31)22-36(35)47(43)61/h1-24H,25-26H2. The predicted octanol–water partition coefficient (Wildman–Crippen LogP) is 10.3. The van der Waals surface area contributed by atoms with Gasteiger partial charge in [0.15, 0.2) is 10.7 Å². The van der Waals surface area contributed by atoms with Crippen molar-refractivity contribution in [3.05, 3.63) is 219 Å². The number of carbonyl (C=O) groups excluding carboxylic acids is 2. The van der Waals surface area contributed by atoms with E-state index >= 15 is 9.59 Å². The smallest absolute Gasteiger partial charge is 0.333 e. The molecule has 330 valence electrons. The van der Waals surface area contributed by atoms with Gasteiger partial charge in [-0.3, -0.25) is 28.8 Å². The van der Waals surface area contributed by atoms with E-state index in [0.717, 1.165) is 47.0 Å². The molecule has 13 rings (SSSR count). The van der Waals surface area contributed by atoms with Crippen LogP contribution in [0.5, 0.6) is 0 Å². The van der Waals surface area contributed by atoms with Gasteiger partial charge < -0.3 is 9.47 Å². The second-order valence-corrected chi connectivity index (χ2v) is 20.9. The third-order valence-corrected chi connectivity index (χ3v) is 17.8. The SMILES string of the molecule is O=C(OCc1ccccc1)C1(C(=O)OCc2ccccc2)c2cc(N=c3c(=O)c4cc5ccccc5cc4c3=O)sc2-c2sc3c(sc4cc(N=c5c(=O)c6cc7ccccc7cc6c5=O)sc43)c21. The number of benzene rings is 6. The summed E-state index contributed by atoms with van der Waals surface area (Å²) < 4.78 is 15.3. The molecule has 0 atom stereocenters. The Morgan fingerprint density at radius 1 is 0.449 bits per heavy atom. The number of esters is 2. The van der Waals surface area contributed by atoms with Crippen molar-refractivity contribution in [2.45, 2.75) is 18.6 Å². The van der Waals surface area contributed by atoms with Gasteiger partial charge in [0.1, 0.15) is 23.2 Å². The Labute approximate surface area is 403 Å². The molecule has 0 bridgehead atoms. The molecule has 0 spiro atoms. The Morgan fingerprint density at radius 3 is 1.35 bits per heavy atom. The van der Waals surface area contributed by atoms with E-state index in [4.69, 9.17) is 14.5 Å². The van der Waals surface area contributed by atoms with Gasteiger partial charge in [0.05, 0.1) is 23.9 Å². The van der Waals surface area contributed by atoms with Crippen LogP contribution in [-0.2, 0) is 37.7 Å². The van der Waals surface area contributed by atoms with Gasteiger partial charge in [-0.15, -0.1) is 45.3 Å². The zero-order valence-corrected chi connectivity index (χ0v) is 38.8. The number of carbonyl (C=O) groups is 2. The van der Waals surface area contributed by atoms with Crippen LogP contribution in [0.2, 0.25) is 0 Å². The van der Waals surface area contributed by atoms with Gasteiger partial charge in [0, 0.05) is 37.4 Å². The average Bonchev–Trinajstić information content (AvgIpc) is 4.24. The molecule has 0 saturated heterocycles. The lowest BCUT2D eigenvalue weighted by atomic mass is 9.79. The lowest BCUT2D eigenvalue weighted by Gasteiger charge is -2.26. The van der Waals surface area contributed by atoms with Gasteiger partial charge in [-0.25, -0.2) is 9.98 Å². The minimum Gasteiger partial charge on any atom is -0.459 e. The van der Waals surface area contributed by atoms with E-state index < -0.39 is 39.1 Å². The molecule has 0 amide bonds. The molecular weight excluding hydrogens is 945 g/mol. The Morgan fingerprint density at radius 2 is 0.884 bits per heavy atom. The first-order valence-corrected chi connectivity index (χ1v) is 24.9. The minimum absolute atomic E-state index is 0.138. The normalized spacial score (nSPS) is 12.9. The monoisotopic (exact) mass is 972 g/mol. The maximum atomic E-state index is 15.3. The second-order valence-electron chi connectivity index (χ2n) is 16.8. The number of ether oxygens (including phenoxy) is 2. The van der Waals surface area contributed by atoms with E-state index in [1.54, 1.807) is 30.3 Å². The van der Waals surface area contributed by atoms with Crippen LogP contribution >= 0.6 is 45.3 Å². The van der Waals surface area contributed by atoms with Crippen LogP contribution in [0.15, 0.2) is 175 Å². The Bertz CT molecular complexity index is 4330. The van der Waals surface area contributed by atoms with Gasteiger partial charge in [-0.1, -0.05) is 109 Å². The fourth-order valence-electron chi connectivity index (χ4n) is 9.48. The second kappa shape index (κ2) is 15.6. The first kappa shape index (κ1) is 41.3. The molecule has 1 aliphatic rings. The van der Waals surface area contributed by atoms with Crippen LogP contribution < -0.4 is 32.4 Å². The van der Waals surface area contributed by atoms with Gasteiger partial charge in [-0.05, 0) is 69.1 Å². The van der Waals surface area contributed by atoms with E-state index in [9.17, 15) is 19.2 Å². The average molecular weight is 973 g/mol. The number of hydrogen-bond donors (Lipinski definition) is 0. The fraction of sp³-hybridized carbons (Fsp3) is 0.0545. The van der Waals surface area contributed by atoms with E-state index in [1.807, 2.05) is 115 Å². The van der Waals surface area contributed by atoms with Gasteiger partial charge in [0.2, 0.25) is 27.1 Å². The number of rotatable bonds is 8. The summed E-state index contributed by atoms with van der Waals surface area (Å²) in [4.78, 5) is 96.3. The molecule has 10 nitrogen and oxygen atoms in total.